The lowest BCUT2D eigenvalue weighted by Gasteiger charge is -2.32. The van der Waals surface area contributed by atoms with Crippen LogP contribution in [-0.2, 0) is 17.6 Å². The Morgan fingerprint density at radius 1 is 0.933 bits per heavy atom. The molecule has 1 aliphatic rings. The predicted molar refractivity (Wildman–Crippen MR) is 119 cm³/mol. The van der Waals surface area contributed by atoms with Gasteiger partial charge < -0.3 is 9.64 Å². The topological polar surface area (TPSA) is 42.4 Å². The number of likely N-dealkylation sites (tertiary alicyclic amines) is 1. The van der Waals surface area contributed by atoms with Crippen LogP contribution in [0.3, 0.4) is 0 Å². The average molecular weight is 401 g/mol. The van der Waals surface area contributed by atoms with Crippen LogP contribution in [-0.4, -0.2) is 36.0 Å². The van der Waals surface area contributed by atoms with Gasteiger partial charge in [-0.3, -0.25) is 9.78 Å². The molecule has 2 heterocycles. The first-order valence-electron chi connectivity index (χ1n) is 10.6. The summed E-state index contributed by atoms with van der Waals surface area (Å²) in [7, 11) is 1.65. The number of carbonyl (C=O) groups is 1. The van der Waals surface area contributed by atoms with Crippen LogP contribution in [0.2, 0.25) is 0 Å². The second-order valence-electron chi connectivity index (χ2n) is 7.90. The molecule has 1 aliphatic heterocycles. The number of ether oxygens (including phenoxy) is 1. The van der Waals surface area contributed by atoms with Crippen molar-refractivity contribution in [3.8, 4) is 5.75 Å². The Hall–Kier alpha value is -3.14. The number of aromatic nitrogens is 1. The zero-order valence-electron chi connectivity index (χ0n) is 17.5. The van der Waals surface area contributed by atoms with Crippen molar-refractivity contribution < 1.29 is 9.53 Å². The Morgan fingerprint density at radius 2 is 1.67 bits per heavy atom. The van der Waals surface area contributed by atoms with Crippen molar-refractivity contribution in [1.29, 1.82) is 0 Å². The van der Waals surface area contributed by atoms with E-state index in [0.29, 0.717) is 12.3 Å². The van der Waals surface area contributed by atoms with Gasteiger partial charge in [-0.25, -0.2) is 0 Å². The molecule has 30 heavy (non-hydrogen) atoms. The van der Waals surface area contributed by atoms with Crippen LogP contribution in [0.4, 0.5) is 0 Å². The molecule has 0 atom stereocenters. The smallest absolute Gasteiger partial charge is 0.226 e. The average Bonchev–Trinajstić information content (AvgIpc) is 2.80. The summed E-state index contributed by atoms with van der Waals surface area (Å²) >= 11 is 0. The first kappa shape index (κ1) is 20.1. The maximum Gasteiger partial charge on any atom is 0.226 e. The summed E-state index contributed by atoms with van der Waals surface area (Å²) in [6, 6.07) is 24.5. The van der Waals surface area contributed by atoms with Gasteiger partial charge in [0.15, 0.2) is 0 Å². The Bertz CT molecular complexity index is 962. The SMILES string of the molecule is COc1ccc(CC(=O)N2CCC(c3cccc(Cc4ccccc4)n3)CC2)cc1. The fourth-order valence-electron chi connectivity index (χ4n) is 4.08. The van der Waals surface area contributed by atoms with Crippen molar-refractivity contribution in [3.05, 3.63) is 95.3 Å². The minimum absolute atomic E-state index is 0.199. The van der Waals surface area contributed by atoms with Crippen molar-refractivity contribution in [2.75, 3.05) is 20.2 Å². The second-order valence-corrected chi connectivity index (χ2v) is 7.90. The van der Waals surface area contributed by atoms with Crippen molar-refractivity contribution >= 4 is 5.91 Å². The van der Waals surface area contributed by atoms with Crippen molar-refractivity contribution in [2.45, 2.75) is 31.6 Å². The minimum Gasteiger partial charge on any atom is -0.497 e. The number of hydrogen-bond acceptors (Lipinski definition) is 3. The molecule has 0 unspecified atom stereocenters. The van der Waals surface area contributed by atoms with E-state index in [4.69, 9.17) is 9.72 Å². The highest BCUT2D eigenvalue weighted by molar-refractivity contribution is 5.79. The van der Waals surface area contributed by atoms with Gasteiger partial charge in [0.05, 0.1) is 13.5 Å². The number of pyridine rings is 1. The first-order chi connectivity index (χ1) is 14.7. The van der Waals surface area contributed by atoms with Gasteiger partial charge in [0, 0.05) is 36.8 Å². The fraction of sp³-hybridized carbons (Fsp3) is 0.308. The lowest BCUT2D eigenvalue weighted by atomic mass is 9.92. The van der Waals surface area contributed by atoms with Gasteiger partial charge in [-0.05, 0) is 48.2 Å². The number of methoxy groups -OCH3 is 1. The Labute approximate surface area is 178 Å². The molecule has 154 valence electrons. The van der Waals surface area contributed by atoms with Gasteiger partial charge in [0.2, 0.25) is 5.91 Å². The van der Waals surface area contributed by atoms with Crippen LogP contribution >= 0.6 is 0 Å². The molecule has 1 aromatic heterocycles. The summed E-state index contributed by atoms with van der Waals surface area (Å²) in [4.78, 5) is 19.6. The van der Waals surface area contributed by atoms with E-state index in [1.807, 2.05) is 35.2 Å². The summed E-state index contributed by atoms with van der Waals surface area (Å²) < 4.78 is 5.18. The quantitative estimate of drug-likeness (QED) is 0.606. The van der Waals surface area contributed by atoms with Gasteiger partial charge in [0.1, 0.15) is 5.75 Å². The van der Waals surface area contributed by atoms with Crippen LogP contribution in [0, 0.1) is 0 Å². The van der Waals surface area contributed by atoms with Crippen molar-refractivity contribution in [3.63, 3.8) is 0 Å². The normalized spacial score (nSPS) is 14.5. The number of amides is 1. The van der Waals surface area contributed by atoms with Gasteiger partial charge in [-0.2, -0.15) is 0 Å². The number of nitrogens with zero attached hydrogens (tertiary/aromatic N) is 2. The van der Waals surface area contributed by atoms with E-state index < -0.39 is 0 Å². The second kappa shape index (κ2) is 9.57. The number of benzene rings is 2. The van der Waals surface area contributed by atoms with Crippen molar-refractivity contribution in [2.24, 2.45) is 0 Å². The summed E-state index contributed by atoms with van der Waals surface area (Å²) in [6.07, 6.45) is 3.24. The first-order valence-corrected chi connectivity index (χ1v) is 10.6. The summed E-state index contributed by atoms with van der Waals surface area (Å²) in [5.41, 5.74) is 4.57. The summed E-state index contributed by atoms with van der Waals surface area (Å²) in [6.45, 7) is 1.59. The maximum absolute atomic E-state index is 12.7. The third-order valence-corrected chi connectivity index (χ3v) is 5.84. The van der Waals surface area contributed by atoms with Gasteiger partial charge in [0.25, 0.3) is 0 Å². The molecular weight excluding hydrogens is 372 g/mol. The predicted octanol–water partition coefficient (Wildman–Crippen LogP) is 4.63. The molecule has 1 amide bonds. The number of piperidine rings is 1. The van der Waals surface area contributed by atoms with Gasteiger partial charge in [-0.15, -0.1) is 0 Å². The van der Waals surface area contributed by atoms with Gasteiger partial charge in [-0.1, -0.05) is 48.5 Å². The number of rotatable bonds is 6. The third kappa shape index (κ3) is 5.07. The molecule has 0 N–H and O–H groups in total. The van der Waals surface area contributed by atoms with Crippen LogP contribution in [0.25, 0.3) is 0 Å². The van der Waals surface area contributed by atoms with Crippen molar-refractivity contribution in [1.82, 2.24) is 9.88 Å². The molecule has 3 aromatic rings. The zero-order valence-corrected chi connectivity index (χ0v) is 17.5. The van der Waals surface area contributed by atoms with E-state index >= 15 is 0 Å². The van der Waals surface area contributed by atoms with E-state index in [9.17, 15) is 4.79 Å². The number of hydrogen-bond donors (Lipinski definition) is 0. The zero-order chi connectivity index (χ0) is 20.8. The molecule has 4 rings (SSSR count). The molecule has 4 heteroatoms. The highest BCUT2D eigenvalue weighted by Crippen LogP contribution is 2.27. The Balaban J connectivity index is 1.32. The molecule has 0 radical (unpaired) electrons. The van der Waals surface area contributed by atoms with E-state index in [1.54, 1.807) is 7.11 Å². The van der Waals surface area contributed by atoms with Crippen LogP contribution in [0.1, 0.15) is 41.3 Å². The summed E-state index contributed by atoms with van der Waals surface area (Å²) in [5, 5.41) is 0. The molecule has 2 aromatic carbocycles. The van der Waals surface area contributed by atoms with Crippen LogP contribution < -0.4 is 4.74 Å². The Kier molecular flexibility index (Phi) is 6.43. The lowest BCUT2D eigenvalue weighted by molar-refractivity contribution is -0.131. The van der Waals surface area contributed by atoms with Crippen LogP contribution in [0.5, 0.6) is 5.75 Å². The molecule has 0 bridgehead atoms. The minimum atomic E-state index is 0.199. The largest absolute Gasteiger partial charge is 0.497 e. The maximum atomic E-state index is 12.7. The molecule has 1 fully saturated rings. The monoisotopic (exact) mass is 400 g/mol. The number of carbonyl (C=O) groups excluding carboxylic acids is 1. The van der Waals surface area contributed by atoms with E-state index in [-0.39, 0.29) is 5.91 Å². The molecule has 0 aliphatic carbocycles. The van der Waals surface area contributed by atoms with Crippen LogP contribution in [0.15, 0.2) is 72.8 Å². The van der Waals surface area contributed by atoms with E-state index in [2.05, 4.69) is 42.5 Å². The van der Waals surface area contributed by atoms with E-state index in [0.717, 1.165) is 55.1 Å². The molecule has 4 nitrogen and oxygen atoms in total. The molecule has 0 spiro atoms. The molecular formula is C26H28N2O2. The standard InChI is InChI=1S/C26H28N2O2/c1-30-24-12-10-21(11-13-24)19-26(29)28-16-14-22(15-17-28)25-9-5-8-23(27-25)18-20-6-3-2-4-7-20/h2-13,22H,14-19H2,1H3. The lowest BCUT2D eigenvalue weighted by Crippen LogP contribution is -2.38. The molecule has 0 saturated carbocycles. The summed E-state index contributed by atoms with van der Waals surface area (Å²) in [5.74, 6) is 1.43. The van der Waals surface area contributed by atoms with Gasteiger partial charge >= 0.3 is 0 Å². The van der Waals surface area contributed by atoms with E-state index in [1.165, 1.54) is 5.56 Å². The Morgan fingerprint density at radius 3 is 2.37 bits per heavy atom. The highest BCUT2D eigenvalue weighted by atomic mass is 16.5. The third-order valence-electron chi connectivity index (χ3n) is 5.84. The highest BCUT2D eigenvalue weighted by Gasteiger charge is 2.24. The molecule has 1 saturated heterocycles. The fourth-order valence-corrected chi connectivity index (χ4v) is 4.08.